The number of amides is 1. The fourth-order valence-electron chi connectivity index (χ4n) is 4.35. The zero-order valence-corrected chi connectivity index (χ0v) is 20.0. The number of hydrogen-bond acceptors (Lipinski definition) is 9. The van der Waals surface area contributed by atoms with Gasteiger partial charge in [0.15, 0.2) is 11.6 Å². The van der Waals surface area contributed by atoms with E-state index in [9.17, 15) is 32.9 Å². The highest BCUT2D eigenvalue weighted by molar-refractivity contribution is 6.02. The van der Waals surface area contributed by atoms with Gasteiger partial charge in [0, 0.05) is 24.6 Å². The van der Waals surface area contributed by atoms with E-state index in [1.807, 2.05) is 0 Å². The van der Waals surface area contributed by atoms with Crippen LogP contribution in [0.2, 0.25) is 0 Å². The third kappa shape index (κ3) is 6.07. The second-order valence-corrected chi connectivity index (χ2v) is 8.77. The van der Waals surface area contributed by atoms with Gasteiger partial charge >= 0.3 is 23.8 Å². The molecule has 11 nitrogen and oxygen atoms in total. The average Bonchev–Trinajstić information content (AvgIpc) is 3.36. The van der Waals surface area contributed by atoms with Crippen LogP contribution in [0, 0.1) is 33.5 Å². The first-order chi connectivity index (χ1) is 18.1. The van der Waals surface area contributed by atoms with E-state index in [0.29, 0.717) is 18.6 Å². The number of esters is 1. The molecule has 0 radical (unpaired) electrons. The fourth-order valence-corrected chi connectivity index (χ4v) is 4.35. The number of nitro benzene ring substituents is 1. The predicted molar refractivity (Wildman–Crippen MR) is 126 cm³/mol. The Morgan fingerprint density at radius 1 is 1.05 bits per heavy atom. The minimum absolute atomic E-state index is 0.0635. The third-order valence-electron chi connectivity index (χ3n) is 6.34. The number of carbonyl (C=O) groups is 2. The van der Waals surface area contributed by atoms with Crippen LogP contribution in [0.3, 0.4) is 0 Å². The van der Waals surface area contributed by atoms with E-state index in [1.165, 1.54) is 19.2 Å². The van der Waals surface area contributed by atoms with Crippen molar-refractivity contribution in [3.63, 3.8) is 0 Å². The molecule has 200 valence electrons. The Kier molecular flexibility index (Phi) is 7.88. The molecule has 2 aromatic carbocycles. The topological polar surface area (TPSA) is 149 Å². The maximum Gasteiger partial charge on any atom is 0.320 e. The van der Waals surface area contributed by atoms with Gasteiger partial charge in [-0.25, -0.2) is 13.2 Å². The number of rotatable bonds is 8. The number of aromatic nitrogens is 2. The zero-order valence-electron chi connectivity index (χ0n) is 20.0. The molecule has 0 bridgehead atoms. The lowest BCUT2D eigenvalue weighted by Gasteiger charge is -2.28. The van der Waals surface area contributed by atoms with Gasteiger partial charge < -0.3 is 19.8 Å². The van der Waals surface area contributed by atoms with Crippen LogP contribution in [0.15, 0.2) is 34.7 Å². The summed E-state index contributed by atoms with van der Waals surface area (Å²) < 4.78 is 50.1. The van der Waals surface area contributed by atoms with Gasteiger partial charge in [-0.05, 0) is 49.1 Å². The van der Waals surface area contributed by atoms with E-state index in [1.54, 1.807) is 6.07 Å². The Labute approximate surface area is 213 Å². The van der Waals surface area contributed by atoms with E-state index in [-0.39, 0.29) is 29.2 Å². The molecule has 0 saturated heterocycles. The van der Waals surface area contributed by atoms with Crippen LogP contribution in [0.1, 0.15) is 54.3 Å². The lowest BCUT2D eigenvalue weighted by atomic mass is 9.77. The quantitative estimate of drug-likeness (QED) is 0.172. The van der Waals surface area contributed by atoms with E-state index < -0.39 is 45.9 Å². The molecule has 0 atom stereocenters. The fraction of sp³-hybridized carbons (Fsp3) is 0.333. The van der Waals surface area contributed by atoms with E-state index in [0.717, 1.165) is 31.2 Å². The van der Waals surface area contributed by atoms with Gasteiger partial charge in [-0.15, -0.1) is 5.10 Å². The number of methoxy groups -OCH3 is 1. The van der Waals surface area contributed by atoms with Crippen LogP contribution < -0.4 is 10.6 Å². The van der Waals surface area contributed by atoms with E-state index in [4.69, 9.17) is 9.15 Å². The summed E-state index contributed by atoms with van der Waals surface area (Å²) in [4.78, 5) is 35.2. The number of anilines is 3. The van der Waals surface area contributed by atoms with Gasteiger partial charge in [0.25, 0.3) is 5.69 Å². The molecule has 0 unspecified atom stereocenters. The first-order valence-corrected chi connectivity index (χ1v) is 11.6. The standard InChI is InChI=1S/C24H22F3N5O6/c1-37-21(33)8-12-2-4-13(5-3-12)14-6-7-18(20(9-14)32(35)36)28-22(34)23-30-31-24(38-23)29-19-11-16(26)15(25)10-17(19)27/h6-7,9-13H,2-5,8H2,1H3,(H,28,34)(H,29,31). The maximum absolute atomic E-state index is 13.8. The van der Waals surface area contributed by atoms with Gasteiger partial charge in [-0.1, -0.05) is 11.2 Å². The minimum Gasteiger partial charge on any atom is -0.469 e. The molecule has 1 aliphatic carbocycles. The summed E-state index contributed by atoms with van der Waals surface area (Å²) in [7, 11) is 1.35. The summed E-state index contributed by atoms with van der Waals surface area (Å²) in [6.45, 7) is 0. The summed E-state index contributed by atoms with van der Waals surface area (Å²) in [6, 6.07) is 4.84. The number of nitro groups is 1. The summed E-state index contributed by atoms with van der Waals surface area (Å²) >= 11 is 0. The largest absolute Gasteiger partial charge is 0.469 e. The lowest BCUT2D eigenvalue weighted by molar-refractivity contribution is -0.384. The van der Waals surface area contributed by atoms with E-state index in [2.05, 4.69) is 20.8 Å². The summed E-state index contributed by atoms with van der Waals surface area (Å²) in [5.41, 5.74) is -0.217. The number of hydrogen-bond donors (Lipinski definition) is 2. The van der Waals surface area contributed by atoms with Crippen molar-refractivity contribution < 1.29 is 36.8 Å². The van der Waals surface area contributed by atoms with Crippen LogP contribution in [-0.4, -0.2) is 34.1 Å². The second kappa shape index (κ2) is 11.3. The van der Waals surface area contributed by atoms with Crippen LogP contribution in [0.5, 0.6) is 0 Å². The second-order valence-electron chi connectivity index (χ2n) is 8.77. The van der Waals surface area contributed by atoms with Crippen LogP contribution in [-0.2, 0) is 9.53 Å². The van der Waals surface area contributed by atoms with Crippen LogP contribution in [0.25, 0.3) is 0 Å². The summed E-state index contributed by atoms with van der Waals surface area (Å²) in [5.74, 6) is -5.43. The molecule has 4 rings (SSSR count). The molecule has 1 fully saturated rings. The van der Waals surface area contributed by atoms with Gasteiger partial charge in [-0.2, -0.15) is 0 Å². The molecule has 1 aromatic heterocycles. The highest BCUT2D eigenvalue weighted by atomic mass is 19.2. The van der Waals surface area contributed by atoms with Crippen molar-refractivity contribution in [3.05, 3.63) is 69.4 Å². The summed E-state index contributed by atoms with van der Waals surface area (Å²) in [6.07, 6.45) is 3.42. The highest BCUT2D eigenvalue weighted by Crippen LogP contribution is 2.39. The first kappa shape index (κ1) is 26.6. The van der Waals surface area contributed by atoms with Gasteiger partial charge in [-0.3, -0.25) is 19.7 Å². The van der Waals surface area contributed by atoms with Crippen LogP contribution >= 0.6 is 0 Å². The Balaban J connectivity index is 1.43. The predicted octanol–water partition coefficient (Wildman–Crippen LogP) is 5.23. The molecule has 1 amide bonds. The molecule has 2 N–H and O–H groups in total. The molecular formula is C24H22F3N5O6. The highest BCUT2D eigenvalue weighted by Gasteiger charge is 2.27. The SMILES string of the molecule is COC(=O)CC1CCC(c2ccc(NC(=O)c3nnc(Nc4cc(F)c(F)cc4F)o3)c([N+](=O)[O-])c2)CC1. The Hall–Kier alpha value is -4.49. The number of benzene rings is 2. The van der Waals surface area contributed by atoms with Crippen LogP contribution in [0.4, 0.5) is 36.2 Å². The smallest absolute Gasteiger partial charge is 0.320 e. The molecule has 14 heteroatoms. The zero-order chi connectivity index (χ0) is 27.4. The van der Waals surface area contributed by atoms with E-state index >= 15 is 0 Å². The van der Waals surface area contributed by atoms with Crippen molar-refractivity contribution in [1.29, 1.82) is 0 Å². The van der Waals surface area contributed by atoms with Gasteiger partial charge in [0.1, 0.15) is 11.5 Å². The average molecular weight is 533 g/mol. The Morgan fingerprint density at radius 3 is 2.45 bits per heavy atom. The summed E-state index contributed by atoms with van der Waals surface area (Å²) in [5, 5.41) is 23.3. The molecule has 38 heavy (non-hydrogen) atoms. The monoisotopic (exact) mass is 533 g/mol. The van der Waals surface area contributed by atoms with Crippen molar-refractivity contribution in [2.24, 2.45) is 5.92 Å². The molecule has 0 aliphatic heterocycles. The van der Waals surface area contributed by atoms with Crippen molar-refractivity contribution in [3.8, 4) is 0 Å². The molecule has 1 saturated carbocycles. The number of halogens is 3. The Morgan fingerprint density at radius 2 is 1.76 bits per heavy atom. The van der Waals surface area contributed by atoms with Crippen molar-refractivity contribution >= 4 is 35.0 Å². The number of nitrogens with zero attached hydrogens (tertiary/aromatic N) is 3. The normalized spacial score (nSPS) is 17.1. The minimum atomic E-state index is -1.39. The number of nitrogens with one attached hydrogen (secondary N) is 2. The van der Waals surface area contributed by atoms with Crippen molar-refractivity contribution in [2.45, 2.75) is 38.0 Å². The number of carbonyl (C=O) groups excluding carboxylic acids is 2. The first-order valence-electron chi connectivity index (χ1n) is 11.6. The third-order valence-corrected chi connectivity index (χ3v) is 6.34. The lowest BCUT2D eigenvalue weighted by Crippen LogP contribution is -2.17. The number of ether oxygens (including phenoxy) is 1. The molecular weight excluding hydrogens is 511 g/mol. The molecule has 1 heterocycles. The van der Waals surface area contributed by atoms with Crippen molar-refractivity contribution in [1.82, 2.24) is 10.2 Å². The van der Waals surface area contributed by atoms with Gasteiger partial charge in [0.2, 0.25) is 0 Å². The molecule has 0 spiro atoms. The molecule has 3 aromatic rings. The van der Waals surface area contributed by atoms with Gasteiger partial charge in [0.05, 0.1) is 17.7 Å². The van der Waals surface area contributed by atoms with Crippen molar-refractivity contribution in [2.75, 3.05) is 17.7 Å². The molecule has 1 aliphatic rings. The Bertz CT molecular complexity index is 1370. The maximum atomic E-state index is 13.8.